The minimum atomic E-state index is -0.640. The zero-order chi connectivity index (χ0) is 25.2. The minimum absolute atomic E-state index is 0.0328. The molecule has 10 heteroatoms. The molecular weight excluding hydrogens is 434 g/mol. The van der Waals surface area contributed by atoms with Gasteiger partial charge in [0.25, 0.3) is 5.56 Å². The van der Waals surface area contributed by atoms with Crippen molar-refractivity contribution in [3.63, 3.8) is 0 Å². The molecule has 0 spiro atoms. The van der Waals surface area contributed by atoms with E-state index in [1.807, 2.05) is 41.7 Å². The normalized spacial score (nSPS) is 11.4. The van der Waals surface area contributed by atoms with E-state index >= 15 is 0 Å². The van der Waals surface area contributed by atoms with Gasteiger partial charge in [-0.15, -0.1) is 0 Å². The summed E-state index contributed by atoms with van der Waals surface area (Å²) in [7, 11) is 1.87. The lowest BCUT2D eigenvalue weighted by molar-refractivity contribution is -0.118. The Kier molecular flexibility index (Phi) is 7.58. The summed E-state index contributed by atoms with van der Waals surface area (Å²) in [6.07, 6.45) is 2.89. The van der Waals surface area contributed by atoms with E-state index in [1.165, 1.54) is 9.47 Å². The van der Waals surface area contributed by atoms with Gasteiger partial charge in [-0.2, -0.15) is 5.10 Å². The van der Waals surface area contributed by atoms with Crippen molar-refractivity contribution in [3.05, 3.63) is 43.4 Å². The second kappa shape index (κ2) is 10.2. The number of amides is 1. The Morgan fingerprint density at radius 3 is 2.47 bits per heavy atom. The first-order chi connectivity index (χ1) is 16.1. The predicted octanol–water partition coefficient (Wildman–Crippen LogP) is 2.50. The van der Waals surface area contributed by atoms with E-state index in [1.54, 1.807) is 4.68 Å². The van der Waals surface area contributed by atoms with Gasteiger partial charge in [0.1, 0.15) is 5.82 Å². The molecule has 0 aliphatic carbocycles. The zero-order valence-corrected chi connectivity index (χ0v) is 21.0. The Balaban J connectivity index is 1.95. The largest absolute Gasteiger partial charge is 0.383 e. The molecule has 0 saturated heterocycles. The van der Waals surface area contributed by atoms with Gasteiger partial charge in [0.15, 0.2) is 11.3 Å². The number of H-pyrrole nitrogens is 1. The fourth-order valence-electron chi connectivity index (χ4n) is 4.56. The highest BCUT2D eigenvalue weighted by Crippen LogP contribution is 2.27. The maximum Gasteiger partial charge on any atom is 0.330 e. The van der Waals surface area contributed by atoms with E-state index in [9.17, 15) is 14.4 Å². The number of pyridine rings is 1. The number of unbranched alkanes of at least 4 members (excludes halogenated alkanes) is 1. The number of nitrogen functional groups attached to an aromatic ring is 1. The molecule has 0 aliphatic heterocycles. The van der Waals surface area contributed by atoms with E-state index in [-0.39, 0.29) is 23.8 Å². The monoisotopic (exact) mass is 469 g/mol. The van der Waals surface area contributed by atoms with E-state index in [4.69, 9.17) is 10.7 Å². The molecule has 3 aromatic heterocycles. The van der Waals surface area contributed by atoms with Crippen molar-refractivity contribution >= 4 is 28.4 Å². The second-order valence-electron chi connectivity index (χ2n) is 8.75. The number of hydrogen-bond donors (Lipinski definition) is 2. The molecule has 0 atom stereocenters. The van der Waals surface area contributed by atoms with Crippen molar-refractivity contribution in [1.29, 1.82) is 0 Å². The summed E-state index contributed by atoms with van der Waals surface area (Å²) >= 11 is 0. The summed E-state index contributed by atoms with van der Waals surface area (Å²) in [5.74, 6) is -0.188. The molecule has 0 bridgehead atoms. The first-order valence-electron chi connectivity index (χ1n) is 11.8. The Bertz CT molecular complexity index is 1330. The van der Waals surface area contributed by atoms with Gasteiger partial charge in [-0.25, -0.2) is 9.78 Å². The second-order valence-corrected chi connectivity index (χ2v) is 8.75. The quantitative estimate of drug-likeness (QED) is 0.495. The summed E-state index contributed by atoms with van der Waals surface area (Å²) in [5.41, 5.74) is 9.76. The van der Waals surface area contributed by atoms with Gasteiger partial charge >= 0.3 is 5.69 Å². The number of nitrogens with two attached hydrogens (primary N) is 1. The van der Waals surface area contributed by atoms with Gasteiger partial charge in [-0.05, 0) is 51.2 Å². The van der Waals surface area contributed by atoms with Crippen LogP contribution in [0.5, 0.6) is 0 Å². The third kappa shape index (κ3) is 4.62. The number of aromatic amines is 1. The third-order valence-electron chi connectivity index (χ3n) is 6.29. The van der Waals surface area contributed by atoms with Crippen molar-refractivity contribution < 1.29 is 4.79 Å². The first-order valence-corrected chi connectivity index (χ1v) is 11.8. The highest BCUT2D eigenvalue weighted by molar-refractivity contribution is 5.95. The lowest BCUT2D eigenvalue weighted by Gasteiger charge is -2.24. The number of rotatable bonds is 9. The van der Waals surface area contributed by atoms with Crippen LogP contribution >= 0.6 is 0 Å². The van der Waals surface area contributed by atoms with Crippen LogP contribution in [0.3, 0.4) is 0 Å². The van der Waals surface area contributed by atoms with Gasteiger partial charge in [-0.1, -0.05) is 20.3 Å². The van der Waals surface area contributed by atoms with Crippen molar-refractivity contribution in [2.24, 2.45) is 7.05 Å². The summed E-state index contributed by atoms with van der Waals surface area (Å²) in [4.78, 5) is 46.9. The molecule has 3 aromatic rings. The lowest BCUT2D eigenvalue weighted by Crippen LogP contribution is -2.41. The van der Waals surface area contributed by atoms with E-state index < -0.39 is 11.2 Å². The van der Waals surface area contributed by atoms with Crippen LogP contribution in [0.4, 0.5) is 11.5 Å². The number of anilines is 2. The van der Waals surface area contributed by atoms with Gasteiger partial charge in [0.2, 0.25) is 5.91 Å². The standard InChI is InChI=1S/C24H35N7O3/c1-7-9-13-31-21(25)20(23(33)27-24(31)34)30(12-8-2)18(32)11-10-17-14(3)19-16(5)28-29(6)22(19)26-15(17)4/h7-13,25H2,1-6H3,(H,27,33,34). The van der Waals surface area contributed by atoms with E-state index in [0.717, 1.165) is 46.4 Å². The third-order valence-corrected chi connectivity index (χ3v) is 6.29. The summed E-state index contributed by atoms with van der Waals surface area (Å²) in [6, 6.07) is 0. The van der Waals surface area contributed by atoms with Crippen LogP contribution in [0.15, 0.2) is 9.59 Å². The molecule has 3 heterocycles. The molecule has 0 saturated carbocycles. The molecule has 0 radical (unpaired) electrons. The Morgan fingerprint density at radius 1 is 1.12 bits per heavy atom. The summed E-state index contributed by atoms with van der Waals surface area (Å²) < 4.78 is 3.11. The number of nitrogens with one attached hydrogen (secondary N) is 1. The highest BCUT2D eigenvalue weighted by atomic mass is 16.2. The van der Waals surface area contributed by atoms with E-state index in [0.29, 0.717) is 25.9 Å². The highest BCUT2D eigenvalue weighted by Gasteiger charge is 2.24. The Labute approximate surface area is 198 Å². The van der Waals surface area contributed by atoms with Crippen molar-refractivity contribution in [3.8, 4) is 0 Å². The molecule has 3 rings (SSSR count). The van der Waals surface area contributed by atoms with Crippen LogP contribution in [0.25, 0.3) is 11.0 Å². The molecule has 0 aliphatic rings. The van der Waals surface area contributed by atoms with Crippen LogP contribution in [-0.4, -0.2) is 36.8 Å². The number of nitrogens with zero attached hydrogens (tertiary/aromatic N) is 5. The van der Waals surface area contributed by atoms with Gasteiger partial charge < -0.3 is 10.6 Å². The molecule has 0 aromatic carbocycles. The Hall–Kier alpha value is -3.43. The maximum atomic E-state index is 13.4. The van der Waals surface area contributed by atoms with Crippen LogP contribution in [-0.2, 0) is 24.8 Å². The molecule has 184 valence electrons. The molecular formula is C24H35N7O3. The van der Waals surface area contributed by atoms with Gasteiger partial charge in [-0.3, -0.25) is 23.8 Å². The van der Waals surface area contributed by atoms with Crippen molar-refractivity contribution in [2.45, 2.75) is 73.3 Å². The number of carbonyl (C=O) groups is 1. The first kappa shape index (κ1) is 25.2. The van der Waals surface area contributed by atoms with Crippen molar-refractivity contribution in [2.75, 3.05) is 17.2 Å². The number of aryl methyl sites for hydroxylation is 4. The zero-order valence-electron chi connectivity index (χ0n) is 21.0. The van der Waals surface area contributed by atoms with Crippen LogP contribution in [0.2, 0.25) is 0 Å². The Morgan fingerprint density at radius 2 is 1.82 bits per heavy atom. The number of hydrogen-bond acceptors (Lipinski definition) is 6. The fourth-order valence-corrected chi connectivity index (χ4v) is 4.56. The van der Waals surface area contributed by atoms with E-state index in [2.05, 4.69) is 10.1 Å². The van der Waals surface area contributed by atoms with Crippen LogP contribution in [0, 0.1) is 20.8 Å². The molecule has 0 unspecified atom stereocenters. The summed E-state index contributed by atoms with van der Waals surface area (Å²) in [5, 5.41) is 5.48. The average Bonchev–Trinajstić information content (AvgIpc) is 3.05. The van der Waals surface area contributed by atoms with Gasteiger partial charge in [0, 0.05) is 37.6 Å². The fraction of sp³-hybridized carbons (Fsp3) is 0.542. The maximum absolute atomic E-state index is 13.4. The smallest absolute Gasteiger partial charge is 0.330 e. The number of aromatic nitrogens is 5. The van der Waals surface area contributed by atoms with Crippen LogP contribution < -0.4 is 21.9 Å². The molecule has 34 heavy (non-hydrogen) atoms. The molecule has 3 N–H and O–H groups in total. The lowest BCUT2D eigenvalue weighted by atomic mass is 9.99. The average molecular weight is 470 g/mol. The SMILES string of the molecule is CCCCn1c(N)c(N(CCC)C(=O)CCc2c(C)nc3c(c(C)nn3C)c2C)c(=O)[nH]c1=O. The topological polar surface area (TPSA) is 132 Å². The van der Waals surface area contributed by atoms with Gasteiger partial charge in [0.05, 0.1) is 5.69 Å². The minimum Gasteiger partial charge on any atom is -0.383 e. The number of carbonyl (C=O) groups excluding carboxylic acids is 1. The number of fused-ring (bicyclic) bond motifs is 1. The molecule has 1 amide bonds. The summed E-state index contributed by atoms with van der Waals surface area (Å²) in [6.45, 7) is 10.6. The van der Waals surface area contributed by atoms with Crippen molar-refractivity contribution in [1.82, 2.24) is 24.3 Å². The van der Waals surface area contributed by atoms with Crippen LogP contribution in [0.1, 0.15) is 62.0 Å². The predicted molar refractivity (Wildman–Crippen MR) is 134 cm³/mol. The molecule has 10 nitrogen and oxygen atoms in total. The molecule has 0 fully saturated rings.